The topological polar surface area (TPSA) is 55.1 Å². The minimum atomic E-state index is 0.141. The lowest BCUT2D eigenvalue weighted by molar-refractivity contribution is -0.119. The first kappa shape index (κ1) is 8.10. The minimum Gasteiger partial charge on any atom is -0.399 e. The molecule has 1 aliphatic heterocycles. The Kier molecular flexibility index (Phi) is 1.93. The number of nitrogens with two attached hydrogens (primary N) is 1. The minimum absolute atomic E-state index is 0.141. The third kappa shape index (κ3) is 1.64. The summed E-state index contributed by atoms with van der Waals surface area (Å²) in [7, 11) is 0. The van der Waals surface area contributed by atoms with Crippen molar-refractivity contribution in [3.63, 3.8) is 0 Å². The molecule has 0 radical (unpaired) electrons. The molecule has 3 nitrogen and oxygen atoms in total. The van der Waals surface area contributed by atoms with Gasteiger partial charge in [-0.05, 0) is 24.1 Å². The standard InChI is InChI=1S/C10H12N2O/c11-8-3-1-7(2-4-8)9-5-6-10(13)12-9/h1-4,9H,5-6,11H2,(H,12,13)/t9-/m1/s1. The van der Waals surface area contributed by atoms with Gasteiger partial charge in [0.05, 0.1) is 6.04 Å². The summed E-state index contributed by atoms with van der Waals surface area (Å²) in [5, 5.41) is 2.91. The fraction of sp³-hybridized carbons (Fsp3) is 0.300. The van der Waals surface area contributed by atoms with Crippen LogP contribution in [0.3, 0.4) is 0 Å². The Morgan fingerprint density at radius 3 is 2.54 bits per heavy atom. The van der Waals surface area contributed by atoms with Gasteiger partial charge in [-0.3, -0.25) is 4.79 Å². The van der Waals surface area contributed by atoms with Crippen molar-refractivity contribution in [2.45, 2.75) is 18.9 Å². The van der Waals surface area contributed by atoms with Crippen LogP contribution in [-0.4, -0.2) is 5.91 Å². The van der Waals surface area contributed by atoms with E-state index in [4.69, 9.17) is 5.73 Å². The Hall–Kier alpha value is -1.51. The Morgan fingerprint density at radius 1 is 1.31 bits per heavy atom. The molecule has 1 fully saturated rings. The van der Waals surface area contributed by atoms with Gasteiger partial charge in [0.15, 0.2) is 0 Å². The summed E-state index contributed by atoms with van der Waals surface area (Å²) in [6, 6.07) is 7.84. The van der Waals surface area contributed by atoms with E-state index in [0.717, 1.165) is 17.7 Å². The first-order valence-electron chi connectivity index (χ1n) is 4.40. The molecule has 0 spiro atoms. The first-order valence-corrected chi connectivity index (χ1v) is 4.40. The summed E-state index contributed by atoms with van der Waals surface area (Å²) in [5.41, 5.74) is 7.46. The first-order chi connectivity index (χ1) is 6.25. The van der Waals surface area contributed by atoms with E-state index in [9.17, 15) is 4.79 Å². The van der Waals surface area contributed by atoms with Crippen LogP contribution in [0.1, 0.15) is 24.4 Å². The van der Waals surface area contributed by atoms with Gasteiger partial charge in [0.1, 0.15) is 0 Å². The molecular weight excluding hydrogens is 164 g/mol. The van der Waals surface area contributed by atoms with E-state index in [0.29, 0.717) is 6.42 Å². The molecule has 0 bridgehead atoms. The van der Waals surface area contributed by atoms with Crippen LogP contribution in [0.15, 0.2) is 24.3 Å². The van der Waals surface area contributed by atoms with Crippen LogP contribution in [-0.2, 0) is 4.79 Å². The zero-order chi connectivity index (χ0) is 9.26. The van der Waals surface area contributed by atoms with Crippen LogP contribution in [0.5, 0.6) is 0 Å². The van der Waals surface area contributed by atoms with Crippen molar-refractivity contribution in [2.75, 3.05) is 5.73 Å². The largest absolute Gasteiger partial charge is 0.399 e. The van der Waals surface area contributed by atoms with Crippen LogP contribution in [0, 0.1) is 0 Å². The average Bonchev–Trinajstić information content (AvgIpc) is 2.53. The predicted octanol–water partition coefficient (Wildman–Crippen LogP) is 1.22. The number of carbonyl (C=O) groups is 1. The molecule has 68 valence electrons. The van der Waals surface area contributed by atoms with E-state index in [1.807, 2.05) is 24.3 Å². The highest BCUT2D eigenvalue weighted by Crippen LogP contribution is 2.23. The smallest absolute Gasteiger partial charge is 0.220 e. The molecule has 1 heterocycles. The van der Waals surface area contributed by atoms with Crippen LogP contribution in [0.2, 0.25) is 0 Å². The zero-order valence-corrected chi connectivity index (χ0v) is 7.29. The molecule has 1 aromatic rings. The monoisotopic (exact) mass is 176 g/mol. The molecule has 3 heteroatoms. The third-order valence-corrected chi connectivity index (χ3v) is 2.33. The maximum atomic E-state index is 11.0. The van der Waals surface area contributed by atoms with Gasteiger partial charge in [0, 0.05) is 12.1 Å². The fourth-order valence-electron chi connectivity index (χ4n) is 1.59. The van der Waals surface area contributed by atoms with E-state index >= 15 is 0 Å². The van der Waals surface area contributed by atoms with Crippen molar-refractivity contribution < 1.29 is 4.79 Å². The van der Waals surface area contributed by atoms with E-state index < -0.39 is 0 Å². The molecule has 0 aromatic heterocycles. The number of amides is 1. The number of rotatable bonds is 1. The normalized spacial score (nSPS) is 21.5. The van der Waals surface area contributed by atoms with E-state index in [2.05, 4.69) is 5.32 Å². The average molecular weight is 176 g/mol. The van der Waals surface area contributed by atoms with E-state index in [1.165, 1.54) is 0 Å². The van der Waals surface area contributed by atoms with Gasteiger partial charge in [-0.2, -0.15) is 0 Å². The molecule has 0 saturated carbocycles. The Morgan fingerprint density at radius 2 is 2.00 bits per heavy atom. The lowest BCUT2D eigenvalue weighted by Crippen LogP contribution is -2.18. The van der Waals surface area contributed by atoms with Gasteiger partial charge in [-0.15, -0.1) is 0 Å². The highest BCUT2D eigenvalue weighted by atomic mass is 16.1. The number of hydrogen-bond acceptors (Lipinski definition) is 2. The summed E-state index contributed by atoms with van der Waals surface area (Å²) in [6.07, 6.45) is 1.53. The number of carbonyl (C=O) groups excluding carboxylic acids is 1. The Balaban J connectivity index is 2.17. The highest BCUT2D eigenvalue weighted by Gasteiger charge is 2.21. The molecular formula is C10H12N2O. The van der Waals surface area contributed by atoms with Crippen LogP contribution < -0.4 is 11.1 Å². The Labute approximate surface area is 76.9 Å². The van der Waals surface area contributed by atoms with Gasteiger partial charge < -0.3 is 11.1 Å². The van der Waals surface area contributed by atoms with Gasteiger partial charge in [-0.25, -0.2) is 0 Å². The molecule has 1 atom stereocenters. The van der Waals surface area contributed by atoms with Gasteiger partial charge in [0.2, 0.25) is 5.91 Å². The van der Waals surface area contributed by atoms with Crippen LogP contribution >= 0.6 is 0 Å². The number of nitrogen functional groups attached to an aromatic ring is 1. The van der Waals surface area contributed by atoms with Crippen LogP contribution in [0.4, 0.5) is 5.69 Å². The van der Waals surface area contributed by atoms with Crippen molar-refractivity contribution in [2.24, 2.45) is 0 Å². The van der Waals surface area contributed by atoms with Crippen molar-refractivity contribution in [3.05, 3.63) is 29.8 Å². The number of nitrogens with one attached hydrogen (secondary N) is 1. The Bertz CT molecular complexity index is 318. The van der Waals surface area contributed by atoms with Crippen molar-refractivity contribution in [1.29, 1.82) is 0 Å². The maximum absolute atomic E-state index is 11.0. The van der Waals surface area contributed by atoms with Gasteiger partial charge in [0.25, 0.3) is 0 Å². The lowest BCUT2D eigenvalue weighted by Gasteiger charge is -2.09. The molecule has 0 unspecified atom stereocenters. The molecule has 1 aliphatic rings. The highest BCUT2D eigenvalue weighted by molar-refractivity contribution is 5.78. The van der Waals surface area contributed by atoms with E-state index in [-0.39, 0.29) is 11.9 Å². The summed E-state index contributed by atoms with van der Waals surface area (Å²) in [5.74, 6) is 0.141. The van der Waals surface area contributed by atoms with Gasteiger partial charge in [-0.1, -0.05) is 12.1 Å². The van der Waals surface area contributed by atoms with Crippen molar-refractivity contribution >= 4 is 11.6 Å². The molecule has 2 rings (SSSR count). The molecule has 1 aromatic carbocycles. The number of hydrogen-bond donors (Lipinski definition) is 2. The van der Waals surface area contributed by atoms with Crippen molar-refractivity contribution in [3.8, 4) is 0 Å². The fourth-order valence-corrected chi connectivity index (χ4v) is 1.59. The molecule has 1 amide bonds. The summed E-state index contributed by atoms with van der Waals surface area (Å²) in [6.45, 7) is 0. The predicted molar refractivity (Wildman–Crippen MR) is 51.0 cm³/mol. The molecule has 3 N–H and O–H groups in total. The lowest BCUT2D eigenvalue weighted by atomic mass is 10.1. The number of anilines is 1. The van der Waals surface area contributed by atoms with Crippen LogP contribution in [0.25, 0.3) is 0 Å². The van der Waals surface area contributed by atoms with Gasteiger partial charge >= 0.3 is 0 Å². The summed E-state index contributed by atoms with van der Waals surface area (Å²) < 4.78 is 0. The maximum Gasteiger partial charge on any atom is 0.220 e. The second-order valence-corrected chi connectivity index (χ2v) is 3.33. The molecule has 1 saturated heterocycles. The number of benzene rings is 1. The molecule has 13 heavy (non-hydrogen) atoms. The SMILES string of the molecule is Nc1ccc([C@H]2CCC(=O)N2)cc1. The summed E-state index contributed by atoms with van der Waals surface area (Å²) >= 11 is 0. The quantitative estimate of drug-likeness (QED) is 0.632. The summed E-state index contributed by atoms with van der Waals surface area (Å²) in [4.78, 5) is 11.0. The molecule has 0 aliphatic carbocycles. The zero-order valence-electron chi connectivity index (χ0n) is 7.29. The third-order valence-electron chi connectivity index (χ3n) is 2.33. The second-order valence-electron chi connectivity index (χ2n) is 3.33. The van der Waals surface area contributed by atoms with E-state index in [1.54, 1.807) is 0 Å². The van der Waals surface area contributed by atoms with Crippen molar-refractivity contribution in [1.82, 2.24) is 5.32 Å². The second kappa shape index (κ2) is 3.09.